The number of anilines is 2. The summed E-state index contributed by atoms with van der Waals surface area (Å²) in [6.07, 6.45) is 1.99. The number of likely N-dealkylation sites (tertiary alicyclic amines) is 1. The largest absolute Gasteiger partial charge is 0.493 e. The van der Waals surface area contributed by atoms with Gasteiger partial charge in [-0.05, 0) is 90.1 Å². The zero-order valence-corrected chi connectivity index (χ0v) is 46.6. The van der Waals surface area contributed by atoms with E-state index in [9.17, 15) is 37.4 Å². The van der Waals surface area contributed by atoms with Crippen molar-refractivity contribution in [3.63, 3.8) is 0 Å². The van der Waals surface area contributed by atoms with Crippen LogP contribution in [0.1, 0.15) is 93.1 Å². The smallest absolute Gasteiger partial charge is 0.407 e. The van der Waals surface area contributed by atoms with Crippen molar-refractivity contribution in [2.24, 2.45) is 10.3 Å². The maximum absolute atomic E-state index is 15.2. The fraction of sp³-hybridized carbons (Fsp3) is 0.585. The number of ether oxygens (including phenoxy) is 7. The highest BCUT2D eigenvalue weighted by Gasteiger charge is 2.40. The van der Waals surface area contributed by atoms with E-state index in [1.54, 1.807) is 61.5 Å². The second-order valence-electron chi connectivity index (χ2n) is 20.9. The quantitative estimate of drug-likeness (QED) is 0.0687. The summed E-state index contributed by atoms with van der Waals surface area (Å²) >= 11 is 0. The molecule has 2 aliphatic heterocycles. The zero-order valence-electron chi connectivity index (χ0n) is 45.8. The number of amides is 5. The molecule has 0 aliphatic carbocycles. The Morgan fingerprint density at radius 2 is 1.53 bits per heavy atom. The van der Waals surface area contributed by atoms with Crippen LogP contribution >= 0.6 is 0 Å². The summed E-state index contributed by atoms with van der Waals surface area (Å²) < 4.78 is 86.5. The van der Waals surface area contributed by atoms with Crippen LogP contribution < -0.4 is 30.7 Å². The van der Waals surface area contributed by atoms with Crippen LogP contribution in [-0.2, 0) is 63.1 Å². The number of aromatic nitrogens is 2. The van der Waals surface area contributed by atoms with Gasteiger partial charge in [-0.15, -0.1) is 0 Å². The van der Waals surface area contributed by atoms with E-state index in [1.165, 1.54) is 41.5 Å². The summed E-state index contributed by atoms with van der Waals surface area (Å²) in [4.78, 5) is 90.1. The topological polar surface area (TPSA) is 274 Å². The maximum Gasteiger partial charge on any atom is 0.407 e. The van der Waals surface area contributed by atoms with Crippen LogP contribution in [0.4, 0.5) is 25.2 Å². The van der Waals surface area contributed by atoms with Gasteiger partial charge in [0.2, 0.25) is 23.6 Å². The lowest BCUT2D eigenvalue weighted by Gasteiger charge is -2.30. The van der Waals surface area contributed by atoms with Crippen molar-refractivity contribution in [3.05, 3.63) is 59.8 Å². The van der Waals surface area contributed by atoms with Gasteiger partial charge in [0.15, 0.2) is 0 Å². The number of rotatable bonds is 22. The minimum atomic E-state index is -3.37. The minimum absolute atomic E-state index is 0.0338. The molecule has 4 N–H and O–H groups in total. The van der Waals surface area contributed by atoms with Gasteiger partial charge >= 0.3 is 12.1 Å². The van der Waals surface area contributed by atoms with Crippen molar-refractivity contribution in [2.45, 2.75) is 123 Å². The van der Waals surface area contributed by atoms with Gasteiger partial charge in [-0.2, -0.15) is 9.35 Å². The van der Waals surface area contributed by atoms with E-state index < -0.39 is 98.7 Å². The summed E-state index contributed by atoms with van der Waals surface area (Å²) in [6, 6.07) is 4.50. The van der Waals surface area contributed by atoms with Gasteiger partial charge in [0.1, 0.15) is 58.3 Å². The Morgan fingerprint density at radius 1 is 0.846 bits per heavy atom. The predicted octanol–water partition coefficient (Wildman–Crippen LogP) is 5.76. The lowest BCUT2D eigenvalue weighted by Crippen LogP contribution is -2.56. The molecule has 5 rings (SSSR count). The fourth-order valence-corrected chi connectivity index (χ4v) is 9.34. The molecule has 78 heavy (non-hydrogen) atoms. The molecule has 2 aliphatic rings. The Kier molecular flexibility index (Phi) is 23.1. The van der Waals surface area contributed by atoms with Crippen LogP contribution in [0, 0.1) is 17.6 Å². The van der Waals surface area contributed by atoms with Crippen molar-refractivity contribution in [1.29, 1.82) is 0 Å². The van der Waals surface area contributed by atoms with Crippen molar-refractivity contribution in [3.8, 4) is 22.8 Å². The second-order valence-corrected chi connectivity index (χ2v) is 23.3. The van der Waals surface area contributed by atoms with Crippen molar-refractivity contribution in [2.75, 3.05) is 77.5 Å². The molecule has 1 aromatic carbocycles. The SMILES string of the molecule is CC(C)[C@H](NC(=O)[C@@H]1CCCN1C(=O)[C@H](CC(=O)OC(C)(C)C)NC(=O)CCOCCOCCOCCNC(=O)OC(C)(C)C)C(=O)N=S(C)(=O)Cc1cc2nc(c1)OCCCOc1cc(F)ccc1-c1cc(ncc1F)N2. The average molecular weight is 1120 g/mol. The van der Waals surface area contributed by atoms with Crippen LogP contribution in [0.2, 0.25) is 0 Å². The van der Waals surface area contributed by atoms with E-state index in [0.717, 1.165) is 6.20 Å². The molecule has 25 heteroatoms. The summed E-state index contributed by atoms with van der Waals surface area (Å²) in [6.45, 7) is 15.3. The first kappa shape index (κ1) is 62.3. The van der Waals surface area contributed by atoms with E-state index in [-0.39, 0.29) is 113 Å². The van der Waals surface area contributed by atoms with E-state index >= 15 is 4.39 Å². The van der Waals surface area contributed by atoms with Gasteiger partial charge in [0.25, 0.3) is 5.91 Å². The molecule has 0 saturated carbocycles. The third kappa shape index (κ3) is 21.0. The molecule has 3 aromatic rings. The lowest BCUT2D eigenvalue weighted by atomic mass is 10.0. The molecular formula is C53H74F2N8O14S. The standard InChI is InChI=1S/C53H74F2N8O14S/c1-33(2)47(49(67)62-78(9,70)32-34-26-43-59-42-29-37(38(55)31-57-42)36-14-13-35(54)28-41(36)74-18-11-19-75-45(27-34)60-43)61-48(66)40-12-10-17-63(40)50(68)39(30-46(65)76-52(3,4)5)58-44(64)15-20-71-22-24-73-25-23-72-21-16-56-51(69)77-53(6,7)8/h13-14,26-29,31,33,39-40,47H,10-12,15-25,30,32H2,1-9H3,(H,56,69)(H,58,64)(H,61,66)(H,57,59,60)/t39-,40-,47-,78?/m0/s1. The first-order chi connectivity index (χ1) is 36.8. The van der Waals surface area contributed by atoms with Crippen LogP contribution in [-0.4, -0.2) is 156 Å². The molecule has 5 amide bonds. The molecule has 1 unspecified atom stereocenters. The fourth-order valence-electron chi connectivity index (χ4n) is 8.00. The number of fused-ring (bicyclic) bond motifs is 6. The van der Waals surface area contributed by atoms with E-state index in [0.29, 0.717) is 24.0 Å². The second kappa shape index (κ2) is 28.9. The number of esters is 1. The molecule has 0 spiro atoms. The normalized spacial score (nSPS) is 16.1. The Balaban J connectivity index is 1.19. The van der Waals surface area contributed by atoms with Crippen LogP contribution in [0.3, 0.4) is 0 Å². The first-order valence-corrected chi connectivity index (χ1v) is 27.9. The molecule has 4 bridgehead atoms. The number of pyridine rings is 2. The van der Waals surface area contributed by atoms with Gasteiger partial charge in [0.05, 0.1) is 81.0 Å². The summed E-state index contributed by atoms with van der Waals surface area (Å²) in [5, 5.41) is 10.9. The summed E-state index contributed by atoms with van der Waals surface area (Å²) in [7, 11) is -3.37. The highest BCUT2D eigenvalue weighted by molar-refractivity contribution is 7.92. The Labute approximate surface area is 454 Å². The Hall–Kier alpha value is -6.57. The van der Waals surface area contributed by atoms with Crippen LogP contribution in [0.15, 0.2) is 47.0 Å². The number of carbonyl (C=O) groups excluding carboxylic acids is 6. The average Bonchev–Trinajstić information content (AvgIpc) is 3.82. The van der Waals surface area contributed by atoms with Crippen molar-refractivity contribution >= 4 is 57.1 Å². The molecular weight excluding hydrogens is 1040 g/mol. The molecule has 4 atom stereocenters. The number of hydrogen-bond acceptors (Lipinski definition) is 17. The number of halogens is 2. The van der Waals surface area contributed by atoms with Gasteiger partial charge in [0, 0.05) is 55.4 Å². The van der Waals surface area contributed by atoms with Gasteiger partial charge < -0.3 is 59.3 Å². The Morgan fingerprint density at radius 3 is 2.22 bits per heavy atom. The number of nitrogens with one attached hydrogen (secondary N) is 4. The molecule has 4 heterocycles. The third-order valence-electron chi connectivity index (χ3n) is 11.3. The Bertz CT molecular complexity index is 2710. The molecule has 2 aromatic heterocycles. The van der Waals surface area contributed by atoms with Crippen molar-refractivity contribution in [1.82, 2.24) is 30.8 Å². The van der Waals surface area contributed by atoms with Gasteiger partial charge in [-0.1, -0.05) is 13.8 Å². The molecule has 22 nitrogen and oxygen atoms in total. The van der Waals surface area contributed by atoms with E-state index in [2.05, 4.69) is 35.6 Å². The third-order valence-corrected chi connectivity index (χ3v) is 12.8. The predicted molar refractivity (Wildman–Crippen MR) is 283 cm³/mol. The molecule has 430 valence electrons. The minimum Gasteiger partial charge on any atom is -0.493 e. The maximum atomic E-state index is 15.2. The molecule has 1 fully saturated rings. The molecule has 0 radical (unpaired) electrons. The highest BCUT2D eigenvalue weighted by Crippen LogP contribution is 2.35. The van der Waals surface area contributed by atoms with E-state index in [4.69, 9.17) is 33.2 Å². The van der Waals surface area contributed by atoms with Crippen molar-refractivity contribution < 1.29 is 74.9 Å². The van der Waals surface area contributed by atoms with E-state index in [1.807, 2.05) is 0 Å². The summed E-state index contributed by atoms with van der Waals surface area (Å²) in [5.41, 5.74) is -0.714. The molecule has 1 saturated heterocycles. The highest BCUT2D eigenvalue weighted by atomic mass is 32.2. The first-order valence-electron chi connectivity index (χ1n) is 25.8. The number of hydrogen-bond donors (Lipinski definition) is 4. The lowest BCUT2D eigenvalue weighted by molar-refractivity contribution is -0.157. The number of benzene rings is 1. The van der Waals surface area contributed by atoms with Gasteiger partial charge in [-0.25, -0.2) is 22.8 Å². The number of carbonyl (C=O) groups is 6. The van der Waals surface area contributed by atoms with Crippen LogP contribution in [0.5, 0.6) is 11.6 Å². The summed E-state index contributed by atoms with van der Waals surface area (Å²) in [5.74, 6) is -5.06. The van der Waals surface area contributed by atoms with Gasteiger partial charge in [-0.3, -0.25) is 24.0 Å². The zero-order chi connectivity index (χ0) is 57.2. The monoisotopic (exact) mass is 1120 g/mol. The number of alkyl carbamates (subject to hydrolysis) is 1. The van der Waals surface area contributed by atoms with Crippen LogP contribution in [0.25, 0.3) is 11.1 Å². The number of nitrogens with zero attached hydrogens (tertiary/aromatic N) is 4.